The lowest BCUT2D eigenvalue weighted by Crippen LogP contribution is -2.15. The highest BCUT2D eigenvalue weighted by atomic mass is 16.3. The van der Waals surface area contributed by atoms with Crippen LogP contribution in [0.25, 0.3) is 0 Å². The number of amides is 1. The first-order chi connectivity index (χ1) is 11.6. The van der Waals surface area contributed by atoms with Crippen LogP contribution in [0.2, 0.25) is 0 Å². The molecular weight excluding hydrogens is 304 g/mol. The second-order valence-electron chi connectivity index (χ2n) is 5.53. The summed E-state index contributed by atoms with van der Waals surface area (Å²) >= 11 is 0. The highest BCUT2D eigenvalue weighted by molar-refractivity contribution is 6.03. The molecule has 3 rings (SSSR count). The van der Waals surface area contributed by atoms with E-state index in [2.05, 4.69) is 26.7 Å². The lowest BCUT2D eigenvalue weighted by molar-refractivity contribution is 0.102. The van der Waals surface area contributed by atoms with E-state index in [0.717, 1.165) is 22.6 Å². The maximum Gasteiger partial charge on any atom is 0.274 e. The van der Waals surface area contributed by atoms with Crippen molar-refractivity contribution < 1.29 is 9.21 Å². The number of hydrogen-bond acceptors (Lipinski definition) is 5. The topological polar surface area (TPSA) is 80.0 Å². The average Bonchev–Trinajstić information content (AvgIpc) is 3.05. The molecule has 122 valence electrons. The van der Waals surface area contributed by atoms with Crippen LogP contribution in [0, 0.1) is 13.8 Å². The van der Waals surface area contributed by atoms with Crippen molar-refractivity contribution in [3.05, 3.63) is 71.4 Å². The summed E-state index contributed by atoms with van der Waals surface area (Å²) in [5.41, 5.74) is 3.23. The van der Waals surface area contributed by atoms with Gasteiger partial charge in [0.1, 0.15) is 11.5 Å². The largest absolute Gasteiger partial charge is 0.467 e. The fourth-order valence-corrected chi connectivity index (χ4v) is 2.39. The number of aryl methyl sites for hydroxylation is 2. The van der Waals surface area contributed by atoms with Crippen molar-refractivity contribution in [3.8, 4) is 0 Å². The SMILES string of the molecule is Cc1cc(C)cc(NC(=O)c2ccnc(NCc3ccco3)n2)c1. The molecule has 2 N–H and O–H groups in total. The minimum Gasteiger partial charge on any atom is -0.467 e. The van der Waals surface area contributed by atoms with Gasteiger partial charge in [0.25, 0.3) is 5.91 Å². The van der Waals surface area contributed by atoms with Gasteiger partial charge in [0.2, 0.25) is 5.95 Å². The van der Waals surface area contributed by atoms with Crippen molar-refractivity contribution in [1.82, 2.24) is 9.97 Å². The van der Waals surface area contributed by atoms with Gasteiger partial charge in [0.15, 0.2) is 0 Å². The molecule has 2 heterocycles. The molecule has 3 aromatic rings. The Labute approximate surface area is 140 Å². The quantitative estimate of drug-likeness (QED) is 0.751. The number of anilines is 2. The number of furan rings is 1. The van der Waals surface area contributed by atoms with Crippen LogP contribution in [-0.2, 0) is 6.54 Å². The van der Waals surface area contributed by atoms with E-state index in [4.69, 9.17) is 4.42 Å². The van der Waals surface area contributed by atoms with Gasteiger partial charge < -0.3 is 15.1 Å². The Morgan fingerprint density at radius 3 is 2.67 bits per heavy atom. The van der Waals surface area contributed by atoms with Crippen molar-refractivity contribution in [1.29, 1.82) is 0 Å². The molecule has 0 bridgehead atoms. The van der Waals surface area contributed by atoms with Crippen LogP contribution in [0.5, 0.6) is 0 Å². The second-order valence-corrected chi connectivity index (χ2v) is 5.53. The molecule has 1 amide bonds. The van der Waals surface area contributed by atoms with Crippen LogP contribution < -0.4 is 10.6 Å². The van der Waals surface area contributed by atoms with Gasteiger partial charge in [-0.2, -0.15) is 0 Å². The van der Waals surface area contributed by atoms with Gasteiger partial charge in [-0.1, -0.05) is 6.07 Å². The third kappa shape index (κ3) is 3.98. The summed E-state index contributed by atoms with van der Waals surface area (Å²) in [5, 5.41) is 5.89. The summed E-state index contributed by atoms with van der Waals surface area (Å²) in [4.78, 5) is 20.7. The summed E-state index contributed by atoms with van der Waals surface area (Å²) in [5.74, 6) is 0.867. The number of rotatable bonds is 5. The standard InChI is InChI=1S/C18H18N4O2/c1-12-8-13(2)10-14(9-12)21-17(23)16-5-6-19-18(22-16)20-11-15-4-3-7-24-15/h3-10H,11H2,1-2H3,(H,21,23)(H,19,20,22). The van der Waals surface area contributed by atoms with E-state index in [1.165, 1.54) is 0 Å². The lowest BCUT2D eigenvalue weighted by atomic mass is 10.1. The second kappa shape index (κ2) is 6.95. The molecule has 0 aliphatic rings. The third-order valence-electron chi connectivity index (χ3n) is 3.37. The maximum absolute atomic E-state index is 12.4. The predicted molar refractivity (Wildman–Crippen MR) is 91.9 cm³/mol. The number of carbonyl (C=O) groups is 1. The molecular formula is C18H18N4O2. The van der Waals surface area contributed by atoms with Crippen molar-refractivity contribution in [2.75, 3.05) is 10.6 Å². The predicted octanol–water partition coefficient (Wildman–Crippen LogP) is 3.55. The summed E-state index contributed by atoms with van der Waals surface area (Å²) in [6.45, 7) is 4.43. The van der Waals surface area contributed by atoms with Gasteiger partial charge >= 0.3 is 0 Å². The molecule has 1 aromatic carbocycles. The number of benzene rings is 1. The van der Waals surface area contributed by atoms with Crippen LogP contribution >= 0.6 is 0 Å². The Bertz CT molecular complexity index is 824. The molecule has 24 heavy (non-hydrogen) atoms. The number of carbonyl (C=O) groups excluding carboxylic acids is 1. The molecule has 0 saturated carbocycles. The van der Waals surface area contributed by atoms with Crippen LogP contribution in [0.1, 0.15) is 27.4 Å². The molecule has 0 saturated heterocycles. The monoisotopic (exact) mass is 322 g/mol. The van der Waals surface area contributed by atoms with Gasteiger partial charge in [0.05, 0.1) is 12.8 Å². The van der Waals surface area contributed by atoms with Crippen LogP contribution in [0.4, 0.5) is 11.6 Å². The Morgan fingerprint density at radius 1 is 1.17 bits per heavy atom. The zero-order chi connectivity index (χ0) is 16.9. The molecule has 0 fully saturated rings. The van der Waals surface area contributed by atoms with Gasteiger partial charge in [-0.05, 0) is 55.3 Å². The van der Waals surface area contributed by atoms with E-state index < -0.39 is 0 Å². The molecule has 0 aliphatic carbocycles. The smallest absolute Gasteiger partial charge is 0.274 e. The molecule has 6 nitrogen and oxygen atoms in total. The maximum atomic E-state index is 12.4. The first kappa shape index (κ1) is 15.7. The van der Waals surface area contributed by atoms with Gasteiger partial charge in [0, 0.05) is 11.9 Å². The minimum atomic E-state index is -0.275. The Kier molecular flexibility index (Phi) is 4.56. The van der Waals surface area contributed by atoms with E-state index in [-0.39, 0.29) is 5.91 Å². The van der Waals surface area contributed by atoms with E-state index in [0.29, 0.717) is 18.2 Å². The molecule has 6 heteroatoms. The zero-order valence-corrected chi connectivity index (χ0v) is 13.5. The molecule has 0 radical (unpaired) electrons. The number of aromatic nitrogens is 2. The van der Waals surface area contributed by atoms with Crippen LogP contribution in [0.15, 0.2) is 53.3 Å². The van der Waals surface area contributed by atoms with Crippen molar-refractivity contribution >= 4 is 17.5 Å². The first-order valence-corrected chi connectivity index (χ1v) is 7.59. The molecule has 2 aromatic heterocycles. The van der Waals surface area contributed by atoms with E-state index >= 15 is 0 Å². The number of hydrogen-bond donors (Lipinski definition) is 2. The molecule has 0 atom stereocenters. The Morgan fingerprint density at radius 2 is 1.96 bits per heavy atom. The van der Waals surface area contributed by atoms with Crippen molar-refractivity contribution in [3.63, 3.8) is 0 Å². The van der Waals surface area contributed by atoms with Crippen molar-refractivity contribution in [2.45, 2.75) is 20.4 Å². The summed E-state index contributed by atoms with van der Waals surface area (Å²) in [6, 6.07) is 11.1. The van der Waals surface area contributed by atoms with Crippen LogP contribution in [-0.4, -0.2) is 15.9 Å². The minimum absolute atomic E-state index is 0.275. The Balaban J connectivity index is 1.69. The van der Waals surface area contributed by atoms with Crippen molar-refractivity contribution in [2.24, 2.45) is 0 Å². The highest BCUT2D eigenvalue weighted by Crippen LogP contribution is 2.15. The first-order valence-electron chi connectivity index (χ1n) is 7.59. The van der Waals surface area contributed by atoms with E-state index in [1.807, 2.05) is 38.1 Å². The zero-order valence-electron chi connectivity index (χ0n) is 13.5. The van der Waals surface area contributed by atoms with Crippen LogP contribution in [0.3, 0.4) is 0 Å². The lowest BCUT2D eigenvalue weighted by Gasteiger charge is -2.08. The number of nitrogens with zero attached hydrogens (tertiary/aromatic N) is 2. The molecule has 0 spiro atoms. The van der Waals surface area contributed by atoms with Gasteiger partial charge in [-0.15, -0.1) is 0 Å². The number of nitrogens with one attached hydrogen (secondary N) is 2. The van der Waals surface area contributed by atoms with E-state index in [1.54, 1.807) is 18.5 Å². The average molecular weight is 322 g/mol. The summed E-state index contributed by atoms with van der Waals surface area (Å²) in [7, 11) is 0. The molecule has 0 unspecified atom stereocenters. The molecule has 0 aliphatic heterocycles. The fraction of sp³-hybridized carbons (Fsp3) is 0.167. The summed E-state index contributed by atoms with van der Waals surface area (Å²) < 4.78 is 5.24. The van der Waals surface area contributed by atoms with Gasteiger partial charge in [-0.25, -0.2) is 9.97 Å². The van der Waals surface area contributed by atoms with Gasteiger partial charge in [-0.3, -0.25) is 4.79 Å². The normalized spacial score (nSPS) is 10.4. The van der Waals surface area contributed by atoms with E-state index in [9.17, 15) is 4.79 Å². The highest BCUT2D eigenvalue weighted by Gasteiger charge is 2.10. The summed E-state index contributed by atoms with van der Waals surface area (Å²) in [6.07, 6.45) is 3.15. The fourth-order valence-electron chi connectivity index (χ4n) is 2.39. The Hall–Kier alpha value is -3.15. The third-order valence-corrected chi connectivity index (χ3v) is 3.37.